The predicted molar refractivity (Wildman–Crippen MR) is 109 cm³/mol. The Morgan fingerprint density at radius 2 is 2.10 bits per heavy atom. The van der Waals surface area contributed by atoms with E-state index in [1.807, 2.05) is 6.92 Å². The average Bonchev–Trinajstić information content (AvgIpc) is 3.10. The number of halogens is 1. The summed E-state index contributed by atoms with van der Waals surface area (Å²) in [5, 5.41) is 14.3. The summed E-state index contributed by atoms with van der Waals surface area (Å²) in [7, 11) is 0. The van der Waals surface area contributed by atoms with Gasteiger partial charge in [-0.2, -0.15) is 5.10 Å². The van der Waals surface area contributed by atoms with Gasteiger partial charge in [-0.25, -0.2) is 23.5 Å². The van der Waals surface area contributed by atoms with Crippen molar-refractivity contribution in [1.29, 1.82) is 0 Å². The number of benzene rings is 1. The SMILES string of the molecule is [C-]#[N+]c1c(F)ccc(O)c1CN(CC)c1ccn2ncc(C(=O)OC(C)(C)C)c2n1. The fraction of sp³-hybridized carbons (Fsp3) is 0.333. The lowest BCUT2D eigenvalue weighted by molar-refractivity contribution is 0.00715. The number of hydrogen-bond donors (Lipinski definition) is 1. The molecule has 0 atom stereocenters. The molecule has 1 aromatic carbocycles. The van der Waals surface area contributed by atoms with Crippen molar-refractivity contribution in [3.8, 4) is 5.75 Å². The van der Waals surface area contributed by atoms with Crippen LogP contribution in [0.2, 0.25) is 0 Å². The molecule has 0 bridgehead atoms. The number of esters is 1. The second kappa shape index (κ2) is 7.99. The Hall–Kier alpha value is -3.67. The largest absolute Gasteiger partial charge is 0.509 e. The molecular formula is C21H22FN5O3. The van der Waals surface area contributed by atoms with Crippen LogP contribution < -0.4 is 4.90 Å². The zero-order valence-electron chi connectivity index (χ0n) is 17.2. The van der Waals surface area contributed by atoms with Crippen molar-refractivity contribution in [2.75, 3.05) is 11.4 Å². The maximum atomic E-state index is 14.0. The maximum absolute atomic E-state index is 14.0. The summed E-state index contributed by atoms with van der Waals surface area (Å²) in [5.41, 5.74) is -0.182. The standard InChI is InChI=1S/C21H22FN5O3/c1-6-26(12-14-16(28)8-7-15(22)18(14)23-5)17-9-10-27-19(25-17)13(11-24-27)20(29)30-21(2,3)4/h7-11,28H,6,12H2,1-4H3. The van der Waals surface area contributed by atoms with E-state index >= 15 is 0 Å². The van der Waals surface area contributed by atoms with Crippen molar-refractivity contribution < 1.29 is 19.0 Å². The number of hydrogen-bond acceptors (Lipinski definition) is 6. The molecule has 0 aliphatic heterocycles. The van der Waals surface area contributed by atoms with Crippen LogP contribution in [-0.2, 0) is 11.3 Å². The second-order valence-corrected chi connectivity index (χ2v) is 7.63. The number of nitrogens with zero attached hydrogens (tertiary/aromatic N) is 5. The van der Waals surface area contributed by atoms with E-state index in [1.54, 1.807) is 37.9 Å². The van der Waals surface area contributed by atoms with Gasteiger partial charge < -0.3 is 14.7 Å². The molecule has 2 aromatic heterocycles. The van der Waals surface area contributed by atoms with Crippen molar-refractivity contribution in [2.24, 2.45) is 0 Å². The molecule has 1 N–H and O–H groups in total. The molecule has 0 fully saturated rings. The minimum atomic E-state index is -0.694. The van der Waals surface area contributed by atoms with Crippen molar-refractivity contribution in [3.05, 3.63) is 59.0 Å². The molecule has 3 aromatic rings. The third-order valence-electron chi connectivity index (χ3n) is 4.35. The van der Waals surface area contributed by atoms with Gasteiger partial charge >= 0.3 is 5.97 Å². The molecular weight excluding hydrogens is 389 g/mol. The van der Waals surface area contributed by atoms with Gasteiger partial charge in [0.05, 0.1) is 12.8 Å². The number of carbonyl (C=O) groups is 1. The summed E-state index contributed by atoms with van der Waals surface area (Å²) in [6, 6.07) is 3.98. The molecule has 2 heterocycles. The zero-order chi connectivity index (χ0) is 22.1. The van der Waals surface area contributed by atoms with Crippen LogP contribution in [0.3, 0.4) is 0 Å². The summed E-state index contributed by atoms with van der Waals surface area (Å²) in [6.45, 7) is 15.0. The first-order chi connectivity index (χ1) is 14.1. The lowest BCUT2D eigenvalue weighted by Gasteiger charge is -2.23. The highest BCUT2D eigenvalue weighted by atomic mass is 19.1. The van der Waals surface area contributed by atoms with Gasteiger partial charge in [-0.3, -0.25) is 0 Å². The number of rotatable bonds is 5. The third-order valence-corrected chi connectivity index (χ3v) is 4.35. The Bertz CT molecular complexity index is 1140. The molecule has 9 heteroatoms. The molecule has 0 radical (unpaired) electrons. The van der Waals surface area contributed by atoms with E-state index in [2.05, 4.69) is 14.9 Å². The molecule has 0 saturated carbocycles. The van der Waals surface area contributed by atoms with E-state index in [9.17, 15) is 14.3 Å². The molecule has 156 valence electrons. The Labute approximate surface area is 173 Å². The molecule has 0 aliphatic carbocycles. The topological polar surface area (TPSA) is 84.3 Å². The van der Waals surface area contributed by atoms with Crippen LogP contribution in [0.5, 0.6) is 5.75 Å². The molecule has 30 heavy (non-hydrogen) atoms. The second-order valence-electron chi connectivity index (χ2n) is 7.63. The molecule has 0 amide bonds. The van der Waals surface area contributed by atoms with E-state index in [4.69, 9.17) is 11.3 Å². The number of aromatic nitrogens is 3. The van der Waals surface area contributed by atoms with E-state index in [-0.39, 0.29) is 29.1 Å². The smallest absolute Gasteiger partial charge is 0.344 e. The fourth-order valence-electron chi connectivity index (χ4n) is 2.93. The number of carbonyl (C=O) groups excluding carboxylic acids is 1. The van der Waals surface area contributed by atoms with Crippen molar-refractivity contribution in [2.45, 2.75) is 39.8 Å². The summed E-state index contributed by atoms with van der Waals surface area (Å²) < 4.78 is 20.9. The van der Waals surface area contributed by atoms with Crippen LogP contribution in [-0.4, -0.2) is 37.8 Å². The van der Waals surface area contributed by atoms with Crippen LogP contribution in [0.15, 0.2) is 30.6 Å². The summed E-state index contributed by atoms with van der Waals surface area (Å²) >= 11 is 0. The zero-order valence-corrected chi connectivity index (χ0v) is 17.2. The van der Waals surface area contributed by atoms with Crippen molar-refractivity contribution >= 4 is 23.1 Å². The molecule has 8 nitrogen and oxygen atoms in total. The summed E-state index contributed by atoms with van der Waals surface area (Å²) in [5.74, 6) is -0.917. The lowest BCUT2D eigenvalue weighted by Crippen LogP contribution is -2.25. The monoisotopic (exact) mass is 411 g/mol. The first-order valence-electron chi connectivity index (χ1n) is 9.35. The number of fused-ring (bicyclic) bond motifs is 1. The minimum absolute atomic E-state index is 0.0664. The number of phenols is 1. The number of phenolic OH excluding ortho intramolecular Hbond substituents is 1. The van der Waals surface area contributed by atoms with Gasteiger partial charge in [0.15, 0.2) is 5.65 Å². The van der Waals surface area contributed by atoms with Gasteiger partial charge in [0.1, 0.15) is 28.5 Å². The highest BCUT2D eigenvalue weighted by Gasteiger charge is 2.23. The maximum Gasteiger partial charge on any atom is 0.344 e. The van der Waals surface area contributed by atoms with Gasteiger partial charge in [-0.1, -0.05) is 0 Å². The summed E-state index contributed by atoms with van der Waals surface area (Å²) in [6.07, 6.45) is 3.04. The summed E-state index contributed by atoms with van der Waals surface area (Å²) in [4.78, 5) is 22.0. The first-order valence-corrected chi connectivity index (χ1v) is 9.35. The Morgan fingerprint density at radius 3 is 2.73 bits per heavy atom. The first kappa shape index (κ1) is 21.0. The van der Waals surface area contributed by atoms with Gasteiger partial charge in [0.25, 0.3) is 0 Å². The minimum Gasteiger partial charge on any atom is -0.509 e. The molecule has 0 saturated heterocycles. The van der Waals surface area contributed by atoms with Gasteiger partial charge in [0.2, 0.25) is 5.69 Å². The van der Waals surface area contributed by atoms with Crippen LogP contribution in [0.4, 0.5) is 15.9 Å². The Morgan fingerprint density at radius 1 is 1.37 bits per heavy atom. The number of anilines is 1. The van der Waals surface area contributed by atoms with Crippen LogP contribution >= 0.6 is 0 Å². The fourth-order valence-corrected chi connectivity index (χ4v) is 2.93. The van der Waals surface area contributed by atoms with Crippen LogP contribution in [0.25, 0.3) is 10.5 Å². The molecule has 3 rings (SSSR count). The average molecular weight is 411 g/mol. The van der Waals surface area contributed by atoms with E-state index in [0.717, 1.165) is 6.07 Å². The van der Waals surface area contributed by atoms with Crippen LogP contribution in [0.1, 0.15) is 43.6 Å². The van der Waals surface area contributed by atoms with E-state index in [1.165, 1.54) is 16.8 Å². The molecule has 0 aliphatic rings. The normalized spacial score (nSPS) is 11.3. The third kappa shape index (κ3) is 4.17. The van der Waals surface area contributed by atoms with Crippen molar-refractivity contribution in [1.82, 2.24) is 14.6 Å². The lowest BCUT2D eigenvalue weighted by atomic mass is 10.1. The molecule has 0 spiro atoms. The quantitative estimate of drug-likeness (QED) is 0.503. The Kier molecular flexibility index (Phi) is 5.60. The highest BCUT2D eigenvalue weighted by molar-refractivity contribution is 5.96. The number of ether oxygens (including phenoxy) is 1. The van der Waals surface area contributed by atoms with E-state index < -0.39 is 17.4 Å². The predicted octanol–water partition coefficient (Wildman–Crippen LogP) is 4.11. The van der Waals surface area contributed by atoms with E-state index in [0.29, 0.717) is 18.0 Å². The van der Waals surface area contributed by atoms with Gasteiger partial charge in [0, 0.05) is 24.8 Å². The van der Waals surface area contributed by atoms with Crippen LogP contribution in [0, 0.1) is 12.4 Å². The number of aromatic hydroxyl groups is 1. The van der Waals surface area contributed by atoms with Crippen molar-refractivity contribution in [3.63, 3.8) is 0 Å². The van der Waals surface area contributed by atoms with Gasteiger partial charge in [-0.15, -0.1) is 0 Å². The van der Waals surface area contributed by atoms with Gasteiger partial charge in [-0.05, 0) is 45.9 Å². The Balaban J connectivity index is 2.00. The molecule has 0 unspecified atom stereocenters. The highest BCUT2D eigenvalue weighted by Crippen LogP contribution is 2.33.